The minimum absolute atomic E-state index is 0.118. The van der Waals surface area contributed by atoms with E-state index >= 15 is 0 Å². The second-order valence-electron chi connectivity index (χ2n) is 7.05. The van der Waals surface area contributed by atoms with Crippen molar-refractivity contribution in [2.45, 2.75) is 77.0 Å². The van der Waals surface area contributed by atoms with Crippen molar-refractivity contribution in [3.8, 4) is 0 Å². The fourth-order valence-electron chi connectivity index (χ4n) is 2.73. The maximum atomic E-state index is 11.9. The number of halogens is 2. The average molecular weight is 479 g/mol. The summed E-state index contributed by atoms with van der Waals surface area (Å²) in [5, 5.41) is -0.791. The number of hydrogen-bond donors (Lipinski definition) is 0. The van der Waals surface area contributed by atoms with Gasteiger partial charge in [0.15, 0.2) is 0 Å². The lowest BCUT2D eigenvalue weighted by atomic mass is 10.2. The Morgan fingerprint density at radius 1 is 0.464 bits per heavy atom. The van der Waals surface area contributed by atoms with Crippen LogP contribution in [-0.4, -0.2) is 50.3 Å². The molecule has 0 aromatic heterocycles. The van der Waals surface area contributed by atoms with E-state index in [9.17, 15) is 26.4 Å². The second kappa shape index (κ2) is 15.6. The SMILES string of the molecule is O=C(Cl)CCCCCS(=O)(=O)CCCCCCS(=O)(=O)CCCCCC(=O)Cl. The highest BCUT2D eigenvalue weighted by Gasteiger charge is 2.12. The highest BCUT2D eigenvalue weighted by Crippen LogP contribution is 2.10. The fraction of sp³-hybridized carbons (Fsp3) is 0.889. The van der Waals surface area contributed by atoms with Crippen molar-refractivity contribution < 1.29 is 26.4 Å². The predicted octanol–water partition coefficient (Wildman–Crippen LogP) is 4.03. The summed E-state index contributed by atoms with van der Waals surface area (Å²) < 4.78 is 47.7. The molecule has 0 saturated carbocycles. The molecule has 0 unspecified atom stereocenters. The summed E-state index contributed by atoms with van der Waals surface area (Å²) >= 11 is 10.4. The quantitative estimate of drug-likeness (QED) is 0.205. The number of carbonyl (C=O) groups is 2. The van der Waals surface area contributed by atoms with Crippen molar-refractivity contribution in [2.24, 2.45) is 0 Å². The molecule has 0 atom stereocenters. The largest absolute Gasteiger partial charge is 0.281 e. The highest BCUT2D eigenvalue weighted by molar-refractivity contribution is 7.91. The Morgan fingerprint density at radius 2 is 0.714 bits per heavy atom. The highest BCUT2D eigenvalue weighted by atomic mass is 35.5. The lowest BCUT2D eigenvalue weighted by molar-refractivity contribution is -0.112. The lowest BCUT2D eigenvalue weighted by Crippen LogP contribution is -2.12. The van der Waals surface area contributed by atoms with E-state index in [1.165, 1.54) is 0 Å². The van der Waals surface area contributed by atoms with Crippen LogP contribution in [-0.2, 0) is 29.3 Å². The van der Waals surface area contributed by atoms with Gasteiger partial charge >= 0.3 is 0 Å². The molecule has 0 spiro atoms. The topological polar surface area (TPSA) is 102 Å². The minimum atomic E-state index is -3.09. The first kappa shape index (κ1) is 27.8. The van der Waals surface area contributed by atoms with Crippen LogP contribution in [0.5, 0.6) is 0 Å². The third-order valence-corrected chi connectivity index (χ3v) is 8.34. The molecule has 0 aromatic rings. The third kappa shape index (κ3) is 19.2. The van der Waals surface area contributed by atoms with Gasteiger partial charge < -0.3 is 0 Å². The molecule has 0 radical (unpaired) electrons. The minimum Gasteiger partial charge on any atom is -0.281 e. The molecule has 0 fully saturated rings. The summed E-state index contributed by atoms with van der Waals surface area (Å²) in [6.07, 6.45) is 6.61. The molecule has 0 aliphatic heterocycles. The number of sulfone groups is 2. The van der Waals surface area contributed by atoms with Crippen molar-refractivity contribution in [2.75, 3.05) is 23.0 Å². The molecule has 0 aliphatic rings. The van der Waals surface area contributed by atoms with Crippen LogP contribution in [0.1, 0.15) is 77.0 Å². The van der Waals surface area contributed by atoms with Gasteiger partial charge in [0.25, 0.3) is 0 Å². The van der Waals surface area contributed by atoms with Gasteiger partial charge in [0.2, 0.25) is 10.5 Å². The van der Waals surface area contributed by atoms with E-state index in [0.717, 1.165) is 0 Å². The van der Waals surface area contributed by atoms with E-state index in [-0.39, 0.29) is 35.9 Å². The van der Waals surface area contributed by atoms with Gasteiger partial charge in [-0.3, -0.25) is 9.59 Å². The summed E-state index contributed by atoms with van der Waals surface area (Å²) in [4.78, 5) is 21.2. The summed E-state index contributed by atoms with van der Waals surface area (Å²) in [5.74, 6) is 0.474. The van der Waals surface area contributed by atoms with Crippen LogP contribution in [0.3, 0.4) is 0 Å². The van der Waals surface area contributed by atoms with Gasteiger partial charge in [0.1, 0.15) is 19.7 Å². The standard InChI is InChI=1S/C18H32Cl2O6S2/c19-17(21)11-5-3-9-15-27(23,24)13-7-1-2-8-14-28(25,26)16-10-4-6-12-18(20)22/h1-16H2. The van der Waals surface area contributed by atoms with E-state index in [2.05, 4.69) is 0 Å². The van der Waals surface area contributed by atoms with Gasteiger partial charge in [0.05, 0.1) is 23.0 Å². The third-order valence-electron chi connectivity index (χ3n) is 4.32. The van der Waals surface area contributed by atoms with Crippen LogP contribution in [0.4, 0.5) is 0 Å². The van der Waals surface area contributed by atoms with Crippen molar-refractivity contribution in [1.29, 1.82) is 0 Å². The molecule has 0 saturated heterocycles. The van der Waals surface area contributed by atoms with Gasteiger partial charge in [0, 0.05) is 12.8 Å². The zero-order valence-corrected chi connectivity index (χ0v) is 19.5. The maximum absolute atomic E-state index is 11.9. The number of hydrogen-bond acceptors (Lipinski definition) is 6. The Hall–Kier alpha value is -0.180. The van der Waals surface area contributed by atoms with E-state index in [4.69, 9.17) is 23.2 Å². The summed E-state index contributed by atoms with van der Waals surface area (Å²) in [6, 6.07) is 0. The number of carbonyl (C=O) groups excluding carboxylic acids is 2. The van der Waals surface area contributed by atoms with E-state index < -0.39 is 30.2 Å². The Morgan fingerprint density at radius 3 is 0.964 bits per heavy atom. The molecule has 10 heteroatoms. The van der Waals surface area contributed by atoms with E-state index in [0.29, 0.717) is 64.2 Å². The van der Waals surface area contributed by atoms with Crippen molar-refractivity contribution in [1.82, 2.24) is 0 Å². The Bertz CT molecular complexity index is 602. The molecule has 0 aliphatic carbocycles. The van der Waals surface area contributed by atoms with Crippen molar-refractivity contribution in [3.05, 3.63) is 0 Å². The fourth-order valence-corrected chi connectivity index (χ4v) is 5.98. The van der Waals surface area contributed by atoms with Crippen LogP contribution in [0.25, 0.3) is 0 Å². The maximum Gasteiger partial charge on any atom is 0.221 e. The number of unbranched alkanes of at least 4 members (excludes halogenated alkanes) is 7. The van der Waals surface area contributed by atoms with Crippen LogP contribution in [0, 0.1) is 0 Å². The molecule has 0 N–H and O–H groups in total. The average Bonchev–Trinajstić information content (AvgIpc) is 2.56. The zero-order valence-electron chi connectivity index (χ0n) is 16.3. The first-order valence-electron chi connectivity index (χ1n) is 9.81. The predicted molar refractivity (Wildman–Crippen MR) is 114 cm³/mol. The second-order valence-corrected chi connectivity index (χ2v) is 12.5. The van der Waals surface area contributed by atoms with Crippen LogP contribution >= 0.6 is 23.2 Å². The smallest absolute Gasteiger partial charge is 0.221 e. The Kier molecular flexibility index (Phi) is 15.5. The summed E-state index contributed by atoms with van der Waals surface area (Å²) in [6.45, 7) is 0. The molecule has 28 heavy (non-hydrogen) atoms. The van der Waals surface area contributed by atoms with Gasteiger partial charge in [-0.05, 0) is 61.7 Å². The molecular formula is C18H32Cl2O6S2. The molecule has 6 nitrogen and oxygen atoms in total. The van der Waals surface area contributed by atoms with Gasteiger partial charge in [-0.2, -0.15) is 0 Å². The van der Waals surface area contributed by atoms with Crippen LogP contribution in [0.2, 0.25) is 0 Å². The van der Waals surface area contributed by atoms with Gasteiger partial charge in [-0.15, -0.1) is 0 Å². The van der Waals surface area contributed by atoms with Gasteiger partial charge in [-0.25, -0.2) is 16.8 Å². The van der Waals surface area contributed by atoms with Crippen molar-refractivity contribution in [3.63, 3.8) is 0 Å². The number of rotatable bonds is 19. The lowest BCUT2D eigenvalue weighted by Gasteiger charge is -2.06. The van der Waals surface area contributed by atoms with Crippen LogP contribution < -0.4 is 0 Å². The van der Waals surface area contributed by atoms with E-state index in [1.54, 1.807) is 0 Å². The molecule has 0 heterocycles. The summed E-state index contributed by atoms with van der Waals surface area (Å²) in [5.41, 5.74) is 0. The first-order valence-corrected chi connectivity index (χ1v) is 14.2. The molecule has 0 amide bonds. The molecule has 0 aromatic carbocycles. The van der Waals surface area contributed by atoms with Gasteiger partial charge in [-0.1, -0.05) is 25.7 Å². The first-order chi connectivity index (χ1) is 13.0. The molecule has 0 bridgehead atoms. The van der Waals surface area contributed by atoms with Crippen LogP contribution in [0.15, 0.2) is 0 Å². The van der Waals surface area contributed by atoms with Crippen molar-refractivity contribution >= 4 is 53.4 Å². The summed E-state index contributed by atoms with van der Waals surface area (Å²) in [7, 11) is -6.18. The molecular weight excluding hydrogens is 447 g/mol. The normalized spacial score (nSPS) is 12.2. The monoisotopic (exact) mass is 478 g/mol. The molecule has 0 rings (SSSR count). The zero-order chi connectivity index (χ0) is 21.5. The Labute approximate surface area is 179 Å². The molecule has 166 valence electrons. The Balaban J connectivity index is 3.72. The van der Waals surface area contributed by atoms with E-state index in [1.807, 2.05) is 0 Å².